The maximum Gasteiger partial charge on any atom is 0.227 e. The van der Waals surface area contributed by atoms with Crippen LogP contribution in [0.5, 0.6) is 11.5 Å². The van der Waals surface area contributed by atoms with E-state index in [0.29, 0.717) is 25.2 Å². The smallest absolute Gasteiger partial charge is 0.227 e. The second-order valence-electron chi connectivity index (χ2n) is 10.4. The first-order valence-corrected chi connectivity index (χ1v) is 13.6. The molecule has 2 fully saturated rings. The number of carbonyl (C=O) groups is 1. The summed E-state index contributed by atoms with van der Waals surface area (Å²) in [5.74, 6) is 1.35. The molecule has 1 amide bonds. The molecule has 6 nitrogen and oxygen atoms in total. The Morgan fingerprint density at radius 3 is 2.13 bits per heavy atom. The van der Waals surface area contributed by atoms with E-state index in [-0.39, 0.29) is 17.1 Å². The van der Waals surface area contributed by atoms with Gasteiger partial charge >= 0.3 is 0 Å². The fourth-order valence-electron chi connectivity index (χ4n) is 5.80. The van der Waals surface area contributed by atoms with Crippen LogP contribution in [-0.2, 0) is 11.3 Å². The Bertz CT molecular complexity index is 1330. The van der Waals surface area contributed by atoms with E-state index in [0.717, 1.165) is 72.9 Å². The monoisotopic (exact) mass is 527 g/mol. The molecular formula is C32H34FN3O3. The van der Waals surface area contributed by atoms with E-state index in [2.05, 4.69) is 23.1 Å². The molecule has 2 saturated heterocycles. The van der Waals surface area contributed by atoms with Crippen LogP contribution < -0.4 is 14.4 Å². The summed E-state index contributed by atoms with van der Waals surface area (Å²) >= 11 is 0. The number of nitrogens with zero attached hydrogens (tertiary/aromatic N) is 3. The predicted molar refractivity (Wildman–Crippen MR) is 149 cm³/mol. The lowest BCUT2D eigenvalue weighted by molar-refractivity contribution is -0.118. The molecule has 202 valence electrons. The molecule has 7 heteroatoms. The number of benzene rings is 3. The van der Waals surface area contributed by atoms with Gasteiger partial charge in [-0.3, -0.25) is 9.69 Å². The van der Waals surface area contributed by atoms with Gasteiger partial charge in [-0.25, -0.2) is 4.39 Å². The number of hydrogen-bond acceptors (Lipinski definition) is 5. The highest BCUT2D eigenvalue weighted by Crippen LogP contribution is 2.44. The fraction of sp³-hybridized carbons (Fsp3) is 0.375. The SMILES string of the molecule is CCOc1cc(CN2CCC3(CC2)CC(=O)N(c2ccc(C#N)cc2)C3)cc(OCC)c1-c1ccc(F)cc1. The number of likely N-dealkylation sites (tertiary alicyclic amines) is 1. The zero-order valence-corrected chi connectivity index (χ0v) is 22.6. The molecule has 0 atom stereocenters. The third kappa shape index (κ3) is 5.76. The zero-order valence-electron chi connectivity index (χ0n) is 22.6. The van der Waals surface area contributed by atoms with Gasteiger partial charge in [-0.15, -0.1) is 0 Å². The maximum absolute atomic E-state index is 13.6. The van der Waals surface area contributed by atoms with Gasteiger partial charge in [-0.05, 0) is 105 Å². The molecule has 39 heavy (non-hydrogen) atoms. The van der Waals surface area contributed by atoms with E-state index in [1.54, 1.807) is 24.3 Å². The maximum atomic E-state index is 13.6. The molecule has 0 unspecified atom stereocenters. The zero-order chi connectivity index (χ0) is 27.4. The summed E-state index contributed by atoms with van der Waals surface area (Å²) in [6.45, 7) is 8.22. The standard InChI is InChI=1S/C32H34FN3O3/c1-3-38-28-17-24(18-29(39-4-2)31(28)25-7-9-26(33)10-8-25)21-35-15-13-32(14-16-35)19-30(37)36(22-32)27-11-5-23(20-34)6-12-27/h5-12,17-18H,3-4,13-16,19,21-22H2,1-2H3. The van der Waals surface area contributed by atoms with Crippen molar-refractivity contribution >= 4 is 11.6 Å². The van der Waals surface area contributed by atoms with E-state index < -0.39 is 0 Å². The minimum absolute atomic E-state index is 0.0130. The predicted octanol–water partition coefficient (Wildman–Crippen LogP) is 6.18. The van der Waals surface area contributed by atoms with Crippen molar-refractivity contribution in [1.82, 2.24) is 4.90 Å². The minimum Gasteiger partial charge on any atom is -0.493 e. The van der Waals surface area contributed by atoms with E-state index in [9.17, 15) is 9.18 Å². The summed E-state index contributed by atoms with van der Waals surface area (Å²) in [5.41, 5.74) is 4.25. The normalized spacial score (nSPS) is 16.9. The number of hydrogen-bond donors (Lipinski definition) is 0. The number of nitriles is 1. The second-order valence-corrected chi connectivity index (χ2v) is 10.4. The van der Waals surface area contributed by atoms with Crippen LogP contribution in [0.4, 0.5) is 10.1 Å². The molecule has 3 aromatic carbocycles. The summed E-state index contributed by atoms with van der Waals surface area (Å²) in [6.07, 6.45) is 2.47. The number of amides is 1. The number of piperidine rings is 1. The molecule has 5 rings (SSSR count). The van der Waals surface area contributed by atoms with Gasteiger partial charge in [0.05, 0.1) is 30.4 Å². The van der Waals surface area contributed by atoms with Gasteiger partial charge in [0, 0.05) is 25.2 Å². The van der Waals surface area contributed by atoms with Crippen molar-refractivity contribution in [3.63, 3.8) is 0 Å². The van der Waals surface area contributed by atoms with Gasteiger partial charge in [0.15, 0.2) is 0 Å². The first-order chi connectivity index (χ1) is 18.9. The fourth-order valence-corrected chi connectivity index (χ4v) is 5.80. The second kappa shape index (κ2) is 11.5. The Morgan fingerprint density at radius 2 is 1.56 bits per heavy atom. The summed E-state index contributed by atoms with van der Waals surface area (Å²) in [5, 5.41) is 9.07. The molecule has 2 aliphatic rings. The first kappa shape index (κ1) is 26.7. The molecule has 0 bridgehead atoms. The van der Waals surface area contributed by atoms with Gasteiger partial charge in [-0.1, -0.05) is 12.1 Å². The number of ether oxygens (including phenoxy) is 2. The number of carbonyl (C=O) groups excluding carboxylic acids is 1. The molecule has 3 aromatic rings. The van der Waals surface area contributed by atoms with E-state index >= 15 is 0 Å². The number of anilines is 1. The Kier molecular flexibility index (Phi) is 7.85. The first-order valence-electron chi connectivity index (χ1n) is 13.6. The highest BCUT2D eigenvalue weighted by Gasteiger charge is 2.45. The van der Waals surface area contributed by atoms with Crippen molar-refractivity contribution < 1.29 is 18.7 Å². The van der Waals surface area contributed by atoms with Crippen LogP contribution in [0.3, 0.4) is 0 Å². The lowest BCUT2D eigenvalue weighted by Crippen LogP contribution is -2.41. The third-order valence-corrected chi connectivity index (χ3v) is 7.81. The molecule has 0 aromatic heterocycles. The van der Waals surface area contributed by atoms with E-state index in [1.807, 2.05) is 30.9 Å². The van der Waals surface area contributed by atoms with Crippen molar-refractivity contribution in [2.75, 3.05) is 37.7 Å². The average molecular weight is 528 g/mol. The van der Waals surface area contributed by atoms with Crippen LogP contribution in [0, 0.1) is 22.6 Å². The van der Waals surface area contributed by atoms with Crippen molar-refractivity contribution in [3.05, 3.63) is 77.6 Å². The van der Waals surface area contributed by atoms with Crippen molar-refractivity contribution in [3.8, 4) is 28.7 Å². The van der Waals surface area contributed by atoms with Crippen molar-refractivity contribution in [2.24, 2.45) is 5.41 Å². The molecule has 0 radical (unpaired) electrons. The lowest BCUT2D eigenvalue weighted by atomic mass is 9.77. The van der Waals surface area contributed by atoms with Gasteiger partial charge in [0.1, 0.15) is 17.3 Å². The molecule has 2 heterocycles. The molecule has 0 aliphatic carbocycles. The Hall–Kier alpha value is -3.89. The average Bonchev–Trinajstić information content (AvgIpc) is 3.26. The molecule has 0 saturated carbocycles. The van der Waals surface area contributed by atoms with Crippen LogP contribution in [0.25, 0.3) is 11.1 Å². The number of rotatable bonds is 8. The van der Waals surface area contributed by atoms with Gasteiger partial charge in [0.25, 0.3) is 0 Å². The van der Waals surface area contributed by atoms with Crippen LogP contribution in [-0.4, -0.2) is 43.7 Å². The summed E-state index contributed by atoms with van der Waals surface area (Å²) < 4.78 is 25.7. The van der Waals surface area contributed by atoms with Gasteiger partial charge < -0.3 is 14.4 Å². The Morgan fingerprint density at radius 1 is 0.949 bits per heavy atom. The largest absolute Gasteiger partial charge is 0.493 e. The van der Waals surface area contributed by atoms with Crippen LogP contribution in [0.15, 0.2) is 60.7 Å². The van der Waals surface area contributed by atoms with Crippen LogP contribution in [0.1, 0.15) is 44.2 Å². The van der Waals surface area contributed by atoms with E-state index in [1.165, 1.54) is 12.1 Å². The minimum atomic E-state index is -0.279. The lowest BCUT2D eigenvalue weighted by Gasteiger charge is -2.39. The molecular weight excluding hydrogens is 493 g/mol. The van der Waals surface area contributed by atoms with Gasteiger partial charge in [0.2, 0.25) is 5.91 Å². The van der Waals surface area contributed by atoms with Crippen molar-refractivity contribution in [2.45, 2.75) is 39.7 Å². The highest BCUT2D eigenvalue weighted by atomic mass is 19.1. The number of halogens is 1. The highest BCUT2D eigenvalue weighted by molar-refractivity contribution is 5.96. The van der Waals surface area contributed by atoms with Crippen LogP contribution >= 0.6 is 0 Å². The Labute approximate surface area is 229 Å². The summed E-state index contributed by atoms with van der Waals surface area (Å²) in [4.78, 5) is 17.3. The molecule has 1 spiro atoms. The van der Waals surface area contributed by atoms with Gasteiger partial charge in [-0.2, -0.15) is 5.26 Å². The summed E-state index contributed by atoms with van der Waals surface area (Å²) in [7, 11) is 0. The summed E-state index contributed by atoms with van der Waals surface area (Å²) in [6, 6.07) is 20.0. The van der Waals surface area contributed by atoms with Crippen LogP contribution in [0.2, 0.25) is 0 Å². The molecule has 0 N–H and O–H groups in total. The quantitative estimate of drug-likeness (QED) is 0.350. The molecule has 2 aliphatic heterocycles. The topological polar surface area (TPSA) is 65.8 Å². The van der Waals surface area contributed by atoms with E-state index in [4.69, 9.17) is 14.7 Å². The van der Waals surface area contributed by atoms with Crippen molar-refractivity contribution in [1.29, 1.82) is 5.26 Å². The third-order valence-electron chi connectivity index (χ3n) is 7.81. The Balaban J connectivity index is 1.30.